The zero-order valence-electron chi connectivity index (χ0n) is 9.65. The maximum atomic E-state index is 5.81. The van der Waals surface area contributed by atoms with E-state index in [2.05, 4.69) is 12.1 Å². The van der Waals surface area contributed by atoms with E-state index in [4.69, 9.17) is 17.4 Å². The maximum Gasteiger partial charge on any atom is 0.119 e. The molecule has 1 aliphatic carbocycles. The molecule has 0 spiro atoms. The zero-order valence-corrected chi connectivity index (χ0v) is 10.5. The Bertz CT molecular complexity index is 301. The molecule has 16 heavy (non-hydrogen) atoms. The summed E-state index contributed by atoms with van der Waals surface area (Å²) in [5, 5.41) is 0. The molecule has 2 rings (SSSR count). The minimum atomic E-state index is 0.683. The molecule has 0 unspecified atom stereocenters. The van der Waals surface area contributed by atoms with Gasteiger partial charge in [-0.1, -0.05) is 44.0 Å². The lowest BCUT2D eigenvalue weighted by Crippen LogP contribution is -2.15. The van der Waals surface area contributed by atoms with Crippen LogP contribution in [0.2, 0.25) is 0 Å². The summed E-state index contributed by atoms with van der Waals surface area (Å²) in [4.78, 5) is 0. The monoisotopic (exact) mass is 235 g/mol. The lowest BCUT2D eigenvalue weighted by Gasteiger charge is -2.21. The van der Waals surface area contributed by atoms with Crippen LogP contribution in [0.15, 0.2) is 24.3 Å². The summed E-state index contributed by atoms with van der Waals surface area (Å²) in [6, 6.07) is 8.18. The molecule has 0 amide bonds. The molecule has 1 aliphatic rings. The second kappa shape index (κ2) is 6.19. The van der Waals surface area contributed by atoms with Crippen LogP contribution in [0.1, 0.15) is 37.7 Å². The predicted molar refractivity (Wildman–Crippen MR) is 69.8 cm³/mol. The fraction of sp³-hybridized carbons (Fsp3) is 0.571. The molecule has 2 heteroatoms. The van der Waals surface area contributed by atoms with E-state index in [1.165, 1.54) is 37.7 Å². The van der Waals surface area contributed by atoms with Crippen LogP contribution in [-0.2, 0) is 5.75 Å². The summed E-state index contributed by atoms with van der Waals surface area (Å²) in [6.07, 6.45) is 6.84. The molecule has 1 nitrogen and oxygen atoms in total. The molecule has 87 valence electrons. The number of rotatable bonds is 4. The second-order valence-electron chi connectivity index (χ2n) is 4.60. The van der Waals surface area contributed by atoms with Crippen LogP contribution in [0.3, 0.4) is 0 Å². The topological polar surface area (TPSA) is 9.23 Å². The molecule has 1 saturated carbocycles. The van der Waals surface area contributed by atoms with Gasteiger partial charge in [-0.15, -0.1) is 0 Å². The Morgan fingerprint density at radius 2 is 1.75 bits per heavy atom. The zero-order chi connectivity index (χ0) is 11.2. The number of benzene rings is 1. The van der Waals surface area contributed by atoms with Crippen molar-refractivity contribution in [2.75, 3.05) is 6.61 Å². The van der Waals surface area contributed by atoms with Crippen molar-refractivity contribution in [3.8, 4) is 5.75 Å². The number of hydrogen-bond donors (Lipinski definition) is 0. The van der Waals surface area contributed by atoms with Crippen LogP contribution in [0.4, 0.5) is 0 Å². The number of ether oxygens (including phenoxy) is 1. The van der Waals surface area contributed by atoms with Crippen molar-refractivity contribution in [3.05, 3.63) is 29.8 Å². The summed E-state index contributed by atoms with van der Waals surface area (Å²) in [6.45, 7) is 0.882. The highest BCUT2D eigenvalue weighted by Crippen LogP contribution is 2.24. The molecule has 0 saturated heterocycles. The van der Waals surface area contributed by atoms with Gasteiger partial charge in [-0.3, -0.25) is 0 Å². The smallest absolute Gasteiger partial charge is 0.119 e. The minimum Gasteiger partial charge on any atom is -0.493 e. The largest absolute Gasteiger partial charge is 0.493 e. The van der Waals surface area contributed by atoms with Crippen LogP contribution < -0.4 is 4.74 Å². The van der Waals surface area contributed by atoms with Gasteiger partial charge >= 0.3 is 0 Å². The van der Waals surface area contributed by atoms with Gasteiger partial charge in [-0.25, -0.2) is 0 Å². The second-order valence-corrected chi connectivity index (χ2v) is 4.89. The van der Waals surface area contributed by atoms with E-state index in [-0.39, 0.29) is 0 Å². The third-order valence-corrected chi connectivity index (χ3v) is 3.63. The third-order valence-electron chi connectivity index (χ3n) is 3.30. The van der Waals surface area contributed by atoms with Crippen LogP contribution in [-0.4, -0.2) is 6.61 Å². The molecule has 0 aliphatic heterocycles. The van der Waals surface area contributed by atoms with Gasteiger partial charge in [0.2, 0.25) is 0 Å². The first-order valence-electron chi connectivity index (χ1n) is 6.18. The van der Waals surface area contributed by atoms with E-state index in [0.29, 0.717) is 5.75 Å². The molecule has 0 aromatic heterocycles. The van der Waals surface area contributed by atoms with E-state index in [9.17, 15) is 0 Å². The average molecular weight is 235 g/mol. The highest BCUT2D eigenvalue weighted by atomic mass is 32.1. The van der Waals surface area contributed by atoms with Crippen LogP contribution in [0, 0.1) is 5.92 Å². The van der Waals surface area contributed by atoms with Crippen molar-refractivity contribution in [1.82, 2.24) is 0 Å². The number of hydrogen-bond acceptors (Lipinski definition) is 1. The van der Waals surface area contributed by atoms with Gasteiger partial charge in [0.05, 0.1) is 6.61 Å². The van der Waals surface area contributed by atoms with Crippen LogP contribution in [0.5, 0.6) is 5.75 Å². The van der Waals surface area contributed by atoms with E-state index in [0.717, 1.165) is 18.3 Å². The summed E-state index contributed by atoms with van der Waals surface area (Å²) in [7, 11) is 0. The molecule has 1 aromatic carbocycles. The Morgan fingerprint density at radius 3 is 2.38 bits per heavy atom. The summed E-state index contributed by atoms with van der Waals surface area (Å²) >= 11 is 4.99. The molecule has 1 aromatic rings. The van der Waals surface area contributed by atoms with Gasteiger partial charge in [-0.2, -0.15) is 0 Å². The fourth-order valence-corrected chi connectivity index (χ4v) is 2.44. The van der Waals surface area contributed by atoms with Gasteiger partial charge in [0.15, 0.2) is 0 Å². The van der Waals surface area contributed by atoms with Gasteiger partial charge in [0.1, 0.15) is 5.75 Å². The predicted octanol–water partition coefficient (Wildman–Crippen LogP) is 4.34. The van der Waals surface area contributed by atoms with E-state index in [1.54, 1.807) is 0 Å². The molecule has 0 atom stereocenters. The summed E-state index contributed by atoms with van der Waals surface area (Å²) in [5.41, 5.74) is 1.19. The fourth-order valence-electron chi connectivity index (χ4n) is 2.25. The first-order valence-corrected chi connectivity index (χ1v) is 6.76. The average Bonchev–Trinajstić information content (AvgIpc) is 2.38. The Hall–Kier alpha value is -0.630. The van der Waals surface area contributed by atoms with E-state index in [1.807, 2.05) is 12.1 Å². The van der Waals surface area contributed by atoms with E-state index < -0.39 is 0 Å². The van der Waals surface area contributed by atoms with Crippen molar-refractivity contribution >= 4 is 12.6 Å². The SMILES string of the molecule is [S]Cc1ccc(OCC2CCCCC2)cc1. The molecular weight excluding hydrogens is 216 g/mol. The lowest BCUT2D eigenvalue weighted by atomic mass is 9.90. The Kier molecular flexibility index (Phi) is 4.58. The van der Waals surface area contributed by atoms with Gasteiger partial charge in [-0.05, 0) is 36.5 Å². The summed E-state index contributed by atoms with van der Waals surface area (Å²) < 4.78 is 5.81. The van der Waals surface area contributed by atoms with Gasteiger partial charge < -0.3 is 4.74 Å². The summed E-state index contributed by atoms with van der Waals surface area (Å²) in [5.74, 6) is 2.44. The first-order chi connectivity index (χ1) is 7.88. The minimum absolute atomic E-state index is 0.683. The van der Waals surface area contributed by atoms with Crippen LogP contribution in [0.25, 0.3) is 0 Å². The quantitative estimate of drug-likeness (QED) is 0.754. The molecule has 0 bridgehead atoms. The van der Waals surface area contributed by atoms with Crippen molar-refractivity contribution in [2.24, 2.45) is 5.92 Å². The Balaban J connectivity index is 1.79. The maximum absolute atomic E-state index is 5.81. The Morgan fingerprint density at radius 1 is 1.06 bits per heavy atom. The standard InChI is InChI=1S/C14H19OS/c16-11-13-6-8-14(9-7-13)15-10-12-4-2-1-3-5-12/h6-9,12H,1-5,10-11H2. The highest BCUT2D eigenvalue weighted by molar-refractivity contribution is 7.79. The Labute approximate surface area is 104 Å². The normalized spacial score (nSPS) is 17.3. The molecule has 0 heterocycles. The highest BCUT2D eigenvalue weighted by Gasteiger charge is 2.13. The lowest BCUT2D eigenvalue weighted by molar-refractivity contribution is 0.209. The van der Waals surface area contributed by atoms with Gasteiger partial charge in [0.25, 0.3) is 0 Å². The first kappa shape index (κ1) is 11.8. The molecular formula is C14H19OS. The van der Waals surface area contributed by atoms with Crippen molar-refractivity contribution in [3.63, 3.8) is 0 Å². The van der Waals surface area contributed by atoms with Crippen molar-refractivity contribution in [2.45, 2.75) is 37.9 Å². The van der Waals surface area contributed by atoms with Crippen molar-refractivity contribution < 1.29 is 4.74 Å². The molecule has 0 N–H and O–H groups in total. The molecule has 1 radical (unpaired) electrons. The van der Waals surface area contributed by atoms with Crippen LogP contribution >= 0.6 is 12.6 Å². The molecule has 1 fully saturated rings. The third kappa shape index (κ3) is 3.44. The van der Waals surface area contributed by atoms with Crippen molar-refractivity contribution in [1.29, 1.82) is 0 Å². The van der Waals surface area contributed by atoms with Gasteiger partial charge in [0, 0.05) is 5.75 Å². The van der Waals surface area contributed by atoms with E-state index >= 15 is 0 Å².